The van der Waals surface area contributed by atoms with Crippen molar-refractivity contribution in [1.82, 2.24) is 4.90 Å². The molecule has 170 valence electrons. The minimum Gasteiger partial charge on any atom is -0.465 e. The van der Waals surface area contributed by atoms with Gasteiger partial charge in [0.1, 0.15) is 6.07 Å². The summed E-state index contributed by atoms with van der Waals surface area (Å²) in [5.41, 5.74) is 1.19. The van der Waals surface area contributed by atoms with Crippen LogP contribution in [-0.2, 0) is 4.74 Å². The minimum atomic E-state index is -0.968. The molecule has 2 aromatic rings. The third-order valence-electron chi connectivity index (χ3n) is 5.55. The summed E-state index contributed by atoms with van der Waals surface area (Å²) in [4.78, 5) is 14.3. The number of nitrogens with zero attached hydrogens (tertiary/aromatic N) is 2. The fourth-order valence-corrected chi connectivity index (χ4v) is 5.11. The highest BCUT2D eigenvalue weighted by atomic mass is 35.5. The van der Waals surface area contributed by atoms with Gasteiger partial charge in [0.2, 0.25) is 0 Å². The molecular weight excluding hydrogens is 467 g/mol. The maximum Gasteiger partial charge on any atom is 0.407 e. The van der Waals surface area contributed by atoms with Gasteiger partial charge in [0.05, 0.1) is 34.4 Å². The number of benzene rings is 2. The lowest BCUT2D eigenvalue weighted by atomic mass is 9.88. The first kappa shape index (κ1) is 24.7. The van der Waals surface area contributed by atoms with Crippen LogP contribution in [0.1, 0.15) is 38.0 Å². The van der Waals surface area contributed by atoms with Crippen LogP contribution in [0.4, 0.5) is 4.79 Å². The first-order valence-corrected chi connectivity index (χ1v) is 12.0. The van der Waals surface area contributed by atoms with Crippen LogP contribution in [0.5, 0.6) is 0 Å². The van der Waals surface area contributed by atoms with E-state index in [0.717, 1.165) is 10.5 Å². The van der Waals surface area contributed by atoms with E-state index in [0.29, 0.717) is 27.9 Å². The molecule has 5 nitrogen and oxygen atoms in total. The number of amides is 1. The van der Waals surface area contributed by atoms with Crippen molar-refractivity contribution in [3.05, 3.63) is 63.6 Å². The van der Waals surface area contributed by atoms with E-state index in [-0.39, 0.29) is 30.1 Å². The topological polar surface area (TPSA) is 73.6 Å². The van der Waals surface area contributed by atoms with Crippen molar-refractivity contribution in [3.63, 3.8) is 0 Å². The van der Waals surface area contributed by atoms with E-state index in [9.17, 15) is 15.2 Å². The Bertz CT molecular complexity index is 1020. The molecule has 1 N–H and O–H groups in total. The fraction of sp³-hybridized carbons (Fsp3) is 0.417. The van der Waals surface area contributed by atoms with Gasteiger partial charge < -0.3 is 14.7 Å². The third kappa shape index (κ3) is 5.90. The zero-order valence-electron chi connectivity index (χ0n) is 18.2. The molecule has 1 aliphatic rings. The van der Waals surface area contributed by atoms with Gasteiger partial charge in [-0.3, -0.25) is 0 Å². The van der Waals surface area contributed by atoms with Crippen molar-refractivity contribution >= 4 is 41.1 Å². The van der Waals surface area contributed by atoms with Crippen molar-refractivity contribution in [1.29, 1.82) is 5.26 Å². The predicted octanol–water partition coefficient (Wildman–Crippen LogP) is 6.74. The lowest BCUT2D eigenvalue weighted by Crippen LogP contribution is -2.42. The van der Waals surface area contributed by atoms with Gasteiger partial charge in [0.15, 0.2) is 0 Å². The van der Waals surface area contributed by atoms with Crippen molar-refractivity contribution in [2.75, 3.05) is 18.8 Å². The van der Waals surface area contributed by atoms with Crippen LogP contribution in [-0.4, -0.2) is 41.0 Å². The van der Waals surface area contributed by atoms with Crippen LogP contribution >= 0.6 is 35.0 Å². The Hall–Kier alpha value is -1.91. The largest absolute Gasteiger partial charge is 0.465 e. The van der Waals surface area contributed by atoms with Crippen molar-refractivity contribution in [3.8, 4) is 6.07 Å². The molecule has 1 aliphatic heterocycles. The monoisotopic (exact) mass is 492 g/mol. The first-order chi connectivity index (χ1) is 15.1. The predicted molar refractivity (Wildman–Crippen MR) is 128 cm³/mol. The molecule has 1 heterocycles. The van der Waals surface area contributed by atoms with Gasteiger partial charge in [-0.05, 0) is 35.2 Å². The molecule has 3 atom stereocenters. The smallest absolute Gasteiger partial charge is 0.407 e. The Labute approximate surface area is 203 Å². The van der Waals surface area contributed by atoms with E-state index in [2.05, 4.69) is 6.07 Å². The fourth-order valence-electron chi connectivity index (χ4n) is 3.68. The number of thioether (sulfide) groups is 1. The lowest BCUT2D eigenvalue weighted by Gasteiger charge is -2.34. The number of nitriles is 1. The highest BCUT2D eigenvalue weighted by Gasteiger charge is 2.39. The van der Waals surface area contributed by atoms with Crippen molar-refractivity contribution in [2.24, 2.45) is 11.3 Å². The number of rotatable bonds is 4. The number of halogens is 2. The Morgan fingerprint density at radius 3 is 2.56 bits per heavy atom. The molecule has 0 aromatic heterocycles. The van der Waals surface area contributed by atoms with E-state index in [4.69, 9.17) is 27.9 Å². The summed E-state index contributed by atoms with van der Waals surface area (Å²) in [7, 11) is 0. The van der Waals surface area contributed by atoms with Crippen LogP contribution in [0.25, 0.3) is 0 Å². The number of carbonyl (C=O) groups is 1. The molecule has 3 rings (SSSR count). The zero-order valence-corrected chi connectivity index (χ0v) is 20.5. The third-order valence-corrected chi connectivity index (χ3v) is 7.55. The second kappa shape index (κ2) is 10.4. The van der Waals surface area contributed by atoms with E-state index in [1.807, 2.05) is 45.0 Å². The van der Waals surface area contributed by atoms with Gasteiger partial charge in [-0.2, -0.15) is 5.26 Å². The molecule has 8 heteroatoms. The van der Waals surface area contributed by atoms with E-state index < -0.39 is 6.09 Å². The summed E-state index contributed by atoms with van der Waals surface area (Å²) in [6.45, 7) is 6.73. The lowest BCUT2D eigenvalue weighted by molar-refractivity contribution is -0.0741. The summed E-state index contributed by atoms with van der Waals surface area (Å²) in [6, 6.07) is 15.0. The molecule has 1 fully saturated rings. The van der Waals surface area contributed by atoms with Gasteiger partial charge in [0, 0.05) is 23.1 Å². The summed E-state index contributed by atoms with van der Waals surface area (Å²) in [5.74, 6) is 0.414. The molecule has 0 radical (unpaired) electrons. The number of hydrogen-bond acceptors (Lipinski definition) is 4. The van der Waals surface area contributed by atoms with Gasteiger partial charge >= 0.3 is 6.09 Å². The maximum atomic E-state index is 12.0. The number of ether oxygens (including phenoxy) is 1. The van der Waals surface area contributed by atoms with Crippen LogP contribution in [0.15, 0.2) is 47.4 Å². The average Bonchev–Trinajstić information content (AvgIpc) is 2.94. The summed E-state index contributed by atoms with van der Waals surface area (Å²) >= 11 is 14.0. The average molecular weight is 493 g/mol. The van der Waals surface area contributed by atoms with E-state index in [1.54, 1.807) is 18.2 Å². The van der Waals surface area contributed by atoms with Gasteiger partial charge in [-0.1, -0.05) is 62.2 Å². The van der Waals surface area contributed by atoms with Crippen LogP contribution in [0.3, 0.4) is 0 Å². The Kier molecular flexibility index (Phi) is 8.00. The number of hydrogen-bond donors (Lipinski definition) is 1. The van der Waals surface area contributed by atoms with E-state index >= 15 is 0 Å². The molecule has 2 aromatic carbocycles. The second-order valence-electron chi connectivity index (χ2n) is 8.95. The van der Waals surface area contributed by atoms with E-state index in [1.165, 1.54) is 16.7 Å². The quantitative estimate of drug-likeness (QED) is 0.478. The summed E-state index contributed by atoms with van der Waals surface area (Å²) < 4.78 is 6.61. The first-order valence-electron chi connectivity index (χ1n) is 10.3. The highest BCUT2D eigenvalue weighted by molar-refractivity contribution is 7.99. The molecule has 0 saturated carbocycles. The maximum absolute atomic E-state index is 12.0. The second-order valence-corrected chi connectivity index (χ2v) is 10.8. The molecule has 0 bridgehead atoms. The van der Waals surface area contributed by atoms with Crippen LogP contribution in [0.2, 0.25) is 10.0 Å². The Balaban J connectivity index is 1.98. The molecule has 1 amide bonds. The minimum absolute atomic E-state index is 0.160. The van der Waals surface area contributed by atoms with Crippen LogP contribution in [0, 0.1) is 22.7 Å². The SMILES string of the molecule is CC(C)(C)C1CN(C(=O)O)C[C@@H](CSc2ccccc2C#N)[C@H](c2ccc(Cl)c(Cl)c2)O1. The summed E-state index contributed by atoms with van der Waals surface area (Å²) in [5, 5.41) is 20.2. The molecule has 0 spiro atoms. The number of carboxylic acid groups (broad SMARTS) is 1. The standard InChI is InChI=1S/C24H26Cl2N2O3S/c1-24(2,3)21-13-28(23(29)30)12-17(14-32-20-7-5-4-6-16(20)11-27)22(31-21)15-8-9-18(25)19(26)10-15/h4-10,17,21-22H,12-14H2,1-3H3,(H,29,30)/t17-,21?,22-/m0/s1. The molecule has 1 unspecified atom stereocenters. The molecule has 32 heavy (non-hydrogen) atoms. The molecule has 1 saturated heterocycles. The zero-order chi connectivity index (χ0) is 23.5. The van der Waals surface area contributed by atoms with Crippen molar-refractivity contribution < 1.29 is 14.6 Å². The van der Waals surface area contributed by atoms with Crippen molar-refractivity contribution in [2.45, 2.75) is 37.9 Å². The Morgan fingerprint density at radius 2 is 1.94 bits per heavy atom. The van der Waals surface area contributed by atoms with Gasteiger partial charge in [-0.25, -0.2) is 4.79 Å². The Morgan fingerprint density at radius 1 is 1.22 bits per heavy atom. The van der Waals surface area contributed by atoms with Crippen LogP contribution < -0.4 is 0 Å². The summed E-state index contributed by atoms with van der Waals surface area (Å²) in [6.07, 6.45) is -1.65. The normalized spacial score (nSPS) is 21.6. The molecular formula is C24H26Cl2N2O3S. The van der Waals surface area contributed by atoms with Gasteiger partial charge in [0.25, 0.3) is 0 Å². The van der Waals surface area contributed by atoms with Gasteiger partial charge in [-0.15, -0.1) is 11.8 Å². The highest BCUT2D eigenvalue weighted by Crippen LogP contribution is 2.40. The molecule has 0 aliphatic carbocycles.